The number of aliphatic hydroxyl groups excluding tert-OH is 1. The van der Waals surface area contributed by atoms with Crippen LogP contribution in [-0.4, -0.2) is 18.8 Å². The molecule has 1 unspecified atom stereocenters. The second-order valence-corrected chi connectivity index (χ2v) is 5.69. The molecule has 2 nitrogen and oxygen atoms in total. The van der Waals surface area contributed by atoms with Crippen LogP contribution in [0.5, 0.6) is 5.75 Å². The first-order chi connectivity index (χ1) is 8.06. The summed E-state index contributed by atoms with van der Waals surface area (Å²) in [7, 11) is 1.67. The highest BCUT2D eigenvalue weighted by atomic mass is 79.9. The summed E-state index contributed by atoms with van der Waals surface area (Å²) in [5.41, 5.74) is 1.20. The van der Waals surface area contributed by atoms with Crippen LogP contribution in [-0.2, 0) is 6.42 Å². The Bertz CT molecular complexity index is 350. The van der Waals surface area contributed by atoms with E-state index in [0.29, 0.717) is 11.8 Å². The van der Waals surface area contributed by atoms with E-state index >= 15 is 0 Å². The van der Waals surface area contributed by atoms with E-state index in [2.05, 4.69) is 29.8 Å². The lowest BCUT2D eigenvalue weighted by molar-refractivity contribution is 0.205. The summed E-state index contributed by atoms with van der Waals surface area (Å²) < 4.78 is 6.31. The van der Waals surface area contributed by atoms with Crippen LogP contribution < -0.4 is 4.74 Å². The van der Waals surface area contributed by atoms with E-state index in [-0.39, 0.29) is 6.61 Å². The summed E-state index contributed by atoms with van der Waals surface area (Å²) in [6, 6.07) is 5.97. The minimum absolute atomic E-state index is 0.238. The molecule has 1 aromatic carbocycles. The Morgan fingerprint density at radius 1 is 1.35 bits per heavy atom. The quantitative estimate of drug-likeness (QED) is 0.869. The van der Waals surface area contributed by atoms with E-state index in [0.717, 1.165) is 23.1 Å². The number of rotatable bonds is 6. The van der Waals surface area contributed by atoms with Gasteiger partial charge in [-0.25, -0.2) is 0 Å². The lowest BCUT2D eigenvalue weighted by Gasteiger charge is -2.17. The summed E-state index contributed by atoms with van der Waals surface area (Å²) in [6.07, 6.45) is 1.92. The Kier molecular flexibility index (Phi) is 6.00. The van der Waals surface area contributed by atoms with Crippen LogP contribution in [0.4, 0.5) is 0 Å². The van der Waals surface area contributed by atoms with E-state index in [4.69, 9.17) is 4.74 Å². The molecule has 0 bridgehead atoms. The number of halogens is 1. The minimum Gasteiger partial charge on any atom is -0.497 e. The molecule has 1 N–H and O–H groups in total. The summed E-state index contributed by atoms with van der Waals surface area (Å²) >= 11 is 3.55. The molecular formula is C14H21BrO2. The van der Waals surface area contributed by atoms with Gasteiger partial charge in [-0.1, -0.05) is 29.8 Å². The average molecular weight is 301 g/mol. The third kappa shape index (κ3) is 4.68. The molecule has 1 aromatic rings. The van der Waals surface area contributed by atoms with Crippen molar-refractivity contribution >= 4 is 15.9 Å². The van der Waals surface area contributed by atoms with Gasteiger partial charge in [0.2, 0.25) is 0 Å². The number of hydrogen-bond donors (Lipinski definition) is 1. The molecule has 0 saturated carbocycles. The first kappa shape index (κ1) is 14.5. The fourth-order valence-corrected chi connectivity index (χ4v) is 2.44. The Morgan fingerprint density at radius 2 is 2.06 bits per heavy atom. The predicted molar refractivity (Wildman–Crippen MR) is 74.4 cm³/mol. The van der Waals surface area contributed by atoms with E-state index in [1.807, 2.05) is 18.2 Å². The lowest BCUT2D eigenvalue weighted by atomic mass is 9.91. The van der Waals surface area contributed by atoms with Gasteiger partial charge in [-0.3, -0.25) is 0 Å². The molecule has 0 fully saturated rings. The molecule has 0 aliphatic rings. The molecule has 0 aromatic heterocycles. The van der Waals surface area contributed by atoms with E-state index < -0.39 is 0 Å². The van der Waals surface area contributed by atoms with E-state index in [1.165, 1.54) is 5.56 Å². The molecular weight excluding hydrogens is 280 g/mol. The summed E-state index contributed by atoms with van der Waals surface area (Å²) in [4.78, 5) is 0. The number of ether oxygens (including phenoxy) is 1. The molecule has 1 atom stereocenters. The number of benzene rings is 1. The molecule has 0 radical (unpaired) electrons. The van der Waals surface area contributed by atoms with Gasteiger partial charge in [-0.2, -0.15) is 0 Å². The Morgan fingerprint density at radius 3 is 2.59 bits per heavy atom. The van der Waals surface area contributed by atoms with Gasteiger partial charge >= 0.3 is 0 Å². The maximum absolute atomic E-state index is 9.41. The smallest absolute Gasteiger partial charge is 0.119 e. The topological polar surface area (TPSA) is 29.5 Å². The molecule has 3 heteroatoms. The zero-order valence-corrected chi connectivity index (χ0v) is 12.3. The van der Waals surface area contributed by atoms with Gasteiger partial charge in [0.1, 0.15) is 5.75 Å². The Hall–Kier alpha value is -0.540. The van der Waals surface area contributed by atoms with Crippen LogP contribution in [0.15, 0.2) is 22.7 Å². The van der Waals surface area contributed by atoms with Crippen LogP contribution in [0.3, 0.4) is 0 Å². The second kappa shape index (κ2) is 7.02. The van der Waals surface area contributed by atoms with Crippen molar-refractivity contribution in [2.24, 2.45) is 11.8 Å². The van der Waals surface area contributed by atoms with Crippen molar-refractivity contribution < 1.29 is 9.84 Å². The van der Waals surface area contributed by atoms with Crippen molar-refractivity contribution in [3.05, 3.63) is 28.2 Å². The zero-order chi connectivity index (χ0) is 12.8. The van der Waals surface area contributed by atoms with Crippen LogP contribution in [0.1, 0.15) is 25.8 Å². The molecule has 0 aliphatic carbocycles. The monoisotopic (exact) mass is 300 g/mol. The Balaban J connectivity index is 2.77. The highest BCUT2D eigenvalue weighted by Gasteiger charge is 2.13. The summed E-state index contributed by atoms with van der Waals surface area (Å²) in [6.45, 7) is 4.61. The number of aliphatic hydroxyl groups is 1. The normalized spacial score (nSPS) is 12.8. The van der Waals surface area contributed by atoms with Crippen molar-refractivity contribution in [3.8, 4) is 5.75 Å². The summed E-state index contributed by atoms with van der Waals surface area (Å²) in [5, 5.41) is 9.41. The van der Waals surface area contributed by atoms with Crippen molar-refractivity contribution in [2.75, 3.05) is 13.7 Å². The maximum atomic E-state index is 9.41. The fourth-order valence-electron chi connectivity index (χ4n) is 2.03. The van der Waals surface area contributed by atoms with Crippen molar-refractivity contribution in [3.63, 3.8) is 0 Å². The van der Waals surface area contributed by atoms with Crippen molar-refractivity contribution in [2.45, 2.75) is 26.7 Å². The first-order valence-electron chi connectivity index (χ1n) is 6.00. The van der Waals surface area contributed by atoms with Crippen LogP contribution in [0.2, 0.25) is 0 Å². The molecule has 0 aliphatic heterocycles. The number of methoxy groups -OCH3 is 1. The molecule has 17 heavy (non-hydrogen) atoms. The largest absolute Gasteiger partial charge is 0.497 e. The molecule has 1 rings (SSSR count). The first-order valence-corrected chi connectivity index (χ1v) is 6.79. The molecule has 0 spiro atoms. The fraction of sp³-hybridized carbons (Fsp3) is 0.571. The molecule has 0 heterocycles. The van der Waals surface area contributed by atoms with Crippen LogP contribution >= 0.6 is 15.9 Å². The SMILES string of the molecule is COc1ccc(Br)c(CC(CO)CC(C)C)c1. The van der Waals surface area contributed by atoms with Gasteiger partial charge in [0.15, 0.2) is 0 Å². The third-order valence-electron chi connectivity index (χ3n) is 2.82. The molecule has 96 valence electrons. The van der Waals surface area contributed by atoms with Gasteiger partial charge in [-0.05, 0) is 48.4 Å². The van der Waals surface area contributed by atoms with Gasteiger partial charge in [0.05, 0.1) is 7.11 Å². The maximum Gasteiger partial charge on any atom is 0.119 e. The summed E-state index contributed by atoms with van der Waals surface area (Å²) in [5.74, 6) is 1.79. The highest BCUT2D eigenvalue weighted by Crippen LogP contribution is 2.26. The molecule has 0 saturated heterocycles. The second-order valence-electron chi connectivity index (χ2n) is 4.84. The van der Waals surface area contributed by atoms with Gasteiger partial charge in [0, 0.05) is 11.1 Å². The average Bonchev–Trinajstić information content (AvgIpc) is 2.30. The zero-order valence-electron chi connectivity index (χ0n) is 10.7. The van der Waals surface area contributed by atoms with Crippen LogP contribution in [0.25, 0.3) is 0 Å². The standard InChI is InChI=1S/C14H21BrO2/c1-10(2)6-11(9-16)7-12-8-13(17-3)4-5-14(12)15/h4-5,8,10-11,16H,6-7,9H2,1-3H3. The van der Waals surface area contributed by atoms with Gasteiger partial charge in [-0.15, -0.1) is 0 Å². The number of hydrogen-bond acceptors (Lipinski definition) is 2. The van der Waals surface area contributed by atoms with Gasteiger partial charge < -0.3 is 9.84 Å². The van der Waals surface area contributed by atoms with E-state index in [1.54, 1.807) is 7.11 Å². The highest BCUT2D eigenvalue weighted by molar-refractivity contribution is 9.10. The lowest BCUT2D eigenvalue weighted by Crippen LogP contribution is -2.12. The van der Waals surface area contributed by atoms with E-state index in [9.17, 15) is 5.11 Å². The van der Waals surface area contributed by atoms with Gasteiger partial charge in [0.25, 0.3) is 0 Å². The van der Waals surface area contributed by atoms with Crippen LogP contribution in [0, 0.1) is 11.8 Å². The third-order valence-corrected chi connectivity index (χ3v) is 3.60. The minimum atomic E-state index is 0.238. The van der Waals surface area contributed by atoms with Crippen molar-refractivity contribution in [1.82, 2.24) is 0 Å². The predicted octanol–water partition coefficient (Wildman–Crippen LogP) is 3.65. The Labute approximate surface area is 112 Å². The molecule has 0 amide bonds. The van der Waals surface area contributed by atoms with Crippen molar-refractivity contribution in [1.29, 1.82) is 0 Å².